The van der Waals surface area contributed by atoms with Crippen LogP contribution in [0.3, 0.4) is 0 Å². The molecule has 3 atom stereocenters. The van der Waals surface area contributed by atoms with Crippen LogP contribution in [0.5, 0.6) is 17.2 Å². The Morgan fingerprint density at radius 3 is 2.60 bits per heavy atom. The summed E-state index contributed by atoms with van der Waals surface area (Å²) in [6.45, 7) is 8.53. The third-order valence-electron chi connectivity index (χ3n) is 7.79. The van der Waals surface area contributed by atoms with Gasteiger partial charge in [-0.2, -0.15) is 0 Å². The van der Waals surface area contributed by atoms with E-state index in [-0.39, 0.29) is 59.8 Å². The first-order chi connectivity index (χ1) is 20.4. The normalized spacial score (nSPS) is 19.3. The maximum absolute atomic E-state index is 13.5. The molecule has 2 aliphatic heterocycles. The second-order valence-electron chi connectivity index (χ2n) is 11.4. The lowest BCUT2D eigenvalue weighted by atomic mass is 10.0. The van der Waals surface area contributed by atoms with Crippen molar-refractivity contribution in [1.29, 1.82) is 0 Å². The zero-order valence-corrected chi connectivity index (χ0v) is 25.8. The number of carbonyl (C=O) groups excluding carboxylic acids is 1. The van der Waals surface area contributed by atoms with Crippen molar-refractivity contribution < 1.29 is 37.1 Å². The minimum absolute atomic E-state index is 0.0208. The number of rotatable bonds is 9. The van der Waals surface area contributed by atoms with Crippen molar-refractivity contribution >= 4 is 21.6 Å². The molecule has 43 heavy (non-hydrogen) atoms. The maximum Gasteiger partial charge on any atom is 0.267 e. The standard InChI is InChI=1S/C30H38N4O8S/c1-18-13-34(19(2)16-35)29(36)12-23-11-24(32-43(37,38)30-20(3)31-42-21(30)4)7-9-25(23)41-28(18)15-33(5)14-22-6-8-26-27(10-22)40-17-39-26/h6-11,18-19,28,32,35H,12-17H2,1-5H3/t18-,19-,28+/m0/s1. The second kappa shape index (κ2) is 12.4. The van der Waals surface area contributed by atoms with Crippen LogP contribution in [0.15, 0.2) is 45.8 Å². The lowest BCUT2D eigenvalue weighted by molar-refractivity contribution is -0.134. The summed E-state index contributed by atoms with van der Waals surface area (Å²) in [6.07, 6.45) is -0.338. The van der Waals surface area contributed by atoms with E-state index in [1.807, 2.05) is 32.2 Å². The van der Waals surface area contributed by atoms with Gasteiger partial charge in [-0.05, 0) is 63.7 Å². The van der Waals surface area contributed by atoms with Gasteiger partial charge in [-0.3, -0.25) is 14.4 Å². The highest BCUT2D eigenvalue weighted by molar-refractivity contribution is 7.92. The van der Waals surface area contributed by atoms with Crippen LogP contribution in [0.2, 0.25) is 0 Å². The molecule has 2 aromatic carbocycles. The van der Waals surface area contributed by atoms with Gasteiger partial charge in [0.1, 0.15) is 17.5 Å². The van der Waals surface area contributed by atoms with Gasteiger partial charge >= 0.3 is 0 Å². The smallest absolute Gasteiger partial charge is 0.267 e. The maximum atomic E-state index is 13.5. The van der Waals surface area contributed by atoms with Crippen molar-refractivity contribution in [3.05, 3.63) is 59.0 Å². The van der Waals surface area contributed by atoms with Crippen LogP contribution < -0.4 is 18.9 Å². The van der Waals surface area contributed by atoms with E-state index in [2.05, 4.69) is 14.8 Å². The van der Waals surface area contributed by atoms with Gasteiger partial charge in [0.15, 0.2) is 22.2 Å². The van der Waals surface area contributed by atoms with Crippen molar-refractivity contribution in [3.63, 3.8) is 0 Å². The van der Waals surface area contributed by atoms with Crippen molar-refractivity contribution in [2.75, 3.05) is 38.3 Å². The van der Waals surface area contributed by atoms with Gasteiger partial charge in [0.25, 0.3) is 10.0 Å². The molecule has 0 spiro atoms. The van der Waals surface area contributed by atoms with Gasteiger partial charge in [0.2, 0.25) is 12.7 Å². The number of anilines is 1. The molecule has 0 saturated heterocycles. The molecule has 0 aliphatic carbocycles. The first-order valence-corrected chi connectivity index (χ1v) is 15.7. The number of nitrogens with one attached hydrogen (secondary N) is 1. The Bertz CT molecular complexity index is 1570. The summed E-state index contributed by atoms with van der Waals surface area (Å²) in [5, 5.41) is 13.7. The van der Waals surface area contributed by atoms with E-state index in [4.69, 9.17) is 18.7 Å². The number of amides is 1. The number of benzene rings is 2. The van der Waals surface area contributed by atoms with E-state index in [1.54, 1.807) is 36.9 Å². The highest BCUT2D eigenvalue weighted by Crippen LogP contribution is 2.34. The van der Waals surface area contributed by atoms with Crippen LogP contribution in [0.4, 0.5) is 5.69 Å². The monoisotopic (exact) mass is 614 g/mol. The number of hydrogen-bond acceptors (Lipinski definition) is 10. The van der Waals surface area contributed by atoms with Crippen molar-refractivity contribution in [2.24, 2.45) is 5.92 Å². The van der Waals surface area contributed by atoms with E-state index in [9.17, 15) is 18.3 Å². The van der Waals surface area contributed by atoms with Crippen LogP contribution in [-0.2, 0) is 27.8 Å². The van der Waals surface area contributed by atoms with Crippen molar-refractivity contribution in [2.45, 2.75) is 57.7 Å². The predicted octanol–water partition coefficient (Wildman–Crippen LogP) is 3.10. The minimum Gasteiger partial charge on any atom is -0.488 e. The number of aliphatic hydroxyl groups excluding tert-OH is 1. The fraction of sp³-hybridized carbons (Fsp3) is 0.467. The molecule has 12 nitrogen and oxygen atoms in total. The first-order valence-electron chi connectivity index (χ1n) is 14.2. The zero-order chi connectivity index (χ0) is 30.9. The van der Waals surface area contributed by atoms with Gasteiger partial charge in [-0.1, -0.05) is 18.1 Å². The summed E-state index contributed by atoms with van der Waals surface area (Å²) in [5.74, 6) is 1.87. The Morgan fingerprint density at radius 1 is 1.14 bits per heavy atom. The van der Waals surface area contributed by atoms with Crippen LogP contribution >= 0.6 is 0 Å². The molecule has 3 heterocycles. The third-order valence-corrected chi connectivity index (χ3v) is 9.41. The van der Waals surface area contributed by atoms with Crippen LogP contribution in [-0.4, -0.2) is 80.1 Å². The fourth-order valence-electron chi connectivity index (χ4n) is 5.50. The number of nitrogens with zero attached hydrogens (tertiary/aromatic N) is 3. The Hall–Kier alpha value is -3.81. The molecule has 5 rings (SSSR count). The molecule has 0 bridgehead atoms. The third kappa shape index (κ3) is 6.73. The quantitative estimate of drug-likeness (QED) is 0.369. The lowest BCUT2D eigenvalue weighted by Gasteiger charge is -2.34. The summed E-state index contributed by atoms with van der Waals surface area (Å²) >= 11 is 0. The number of sulfonamides is 1. The van der Waals surface area contributed by atoms with Gasteiger partial charge in [-0.25, -0.2) is 8.42 Å². The number of likely N-dealkylation sites (N-methyl/N-ethyl adjacent to an activating group) is 1. The summed E-state index contributed by atoms with van der Waals surface area (Å²) < 4.78 is 51.5. The molecule has 232 valence electrons. The number of fused-ring (bicyclic) bond motifs is 2. The molecular weight excluding hydrogens is 576 g/mol. The van der Waals surface area contributed by atoms with E-state index in [1.165, 1.54) is 6.92 Å². The van der Waals surface area contributed by atoms with Crippen molar-refractivity contribution in [3.8, 4) is 17.2 Å². The molecule has 0 fully saturated rings. The Balaban J connectivity index is 1.41. The van der Waals surface area contributed by atoms with Gasteiger partial charge < -0.3 is 28.7 Å². The fourth-order valence-corrected chi connectivity index (χ4v) is 6.88. The van der Waals surface area contributed by atoms with Crippen LogP contribution in [0, 0.1) is 19.8 Å². The Kier molecular flexibility index (Phi) is 8.86. The summed E-state index contributed by atoms with van der Waals surface area (Å²) in [5.41, 5.74) is 2.13. The Morgan fingerprint density at radius 2 is 1.88 bits per heavy atom. The highest BCUT2D eigenvalue weighted by Gasteiger charge is 2.32. The van der Waals surface area contributed by atoms with Gasteiger partial charge in [0.05, 0.1) is 19.1 Å². The Labute approximate surface area is 251 Å². The van der Waals surface area contributed by atoms with E-state index in [0.29, 0.717) is 30.9 Å². The molecule has 1 amide bonds. The van der Waals surface area contributed by atoms with Gasteiger partial charge in [-0.15, -0.1) is 0 Å². The van der Waals surface area contributed by atoms with E-state index >= 15 is 0 Å². The first kappa shape index (κ1) is 30.6. The number of aryl methyl sites for hydroxylation is 2. The number of carbonyl (C=O) groups is 1. The highest BCUT2D eigenvalue weighted by atomic mass is 32.2. The molecule has 3 aromatic rings. The molecular formula is C30H38N4O8S. The molecule has 1 aromatic heterocycles. The topological polar surface area (TPSA) is 144 Å². The zero-order valence-electron chi connectivity index (χ0n) is 25.0. The van der Waals surface area contributed by atoms with Crippen molar-refractivity contribution in [1.82, 2.24) is 15.0 Å². The minimum atomic E-state index is -3.99. The van der Waals surface area contributed by atoms with Crippen LogP contribution in [0.25, 0.3) is 0 Å². The molecule has 13 heteroatoms. The molecule has 0 radical (unpaired) electrons. The molecule has 0 saturated carbocycles. The number of hydrogen-bond donors (Lipinski definition) is 2. The van der Waals surface area contributed by atoms with Gasteiger partial charge in [0, 0.05) is 36.8 Å². The largest absolute Gasteiger partial charge is 0.488 e. The summed E-state index contributed by atoms with van der Waals surface area (Å²) in [6, 6.07) is 10.4. The number of aromatic nitrogens is 1. The van der Waals surface area contributed by atoms with E-state index in [0.717, 1.165) is 17.1 Å². The number of ether oxygens (including phenoxy) is 3. The SMILES string of the molecule is Cc1noc(C)c1S(=O)(=O)Nc1ccc2c(c1)CC(=O)N([C@@H](C)CO)C[C@H](C)[C@@H](CN(C)Cc1ccc3c(c1)OCO3)O2. The molecule has 2 aliphatic rings. The average molecular weight is 615 g/mol. The summed E-state index contributed by atoms with van der Waals surface area (Å²) in [4.78, 5) is 17.3. The molecule has 2 N–H and O–H groups in total. The average Bonchev–Trinajstić information content (AvgIpc) is 3.57. The lowest BCUT2D eigenvalue weighted by Crippen LogP contribution is -2.47. The second-order valence-corrected chi connectivity index (χ2v) is 13.0. The summed E-state index contributed by atoms with van der Waals surface area (Å²) in [7, 11) is -1.99. The van der Waals surface area contributed by atoms with Crippen LogP contribution in [0.1, 0.15) is 36.4 Å². The molecule has 0 unspecified atom stereocenters. The predicted molar refractivity (Wildman–Crippen MR) is 158 cm³/mol. The number of aliphatic hydroxyl groups is 1. The van der Waals surface area contributed by atoms with E-state index < -0.39 is 16.1 Å².